The van der Waals surface area contributed by atoms with E-state index in [0.717, 1.165) is 12.1 Å². The van der Waals surface area contributed by atoms with Gasteiger partial charge >= 0.3 is 0 Å². The molecule has 0 atom stereocenters. The molecule has 0 amide bonds. The molecule has 3 N–H and O–H groups in total. The highest BCUT2D eigenvalue weighted by atomic mass is 32.2. The van der Waals surface area contributed by atoms with Crippen molar-refractivity contribution in [3.05, 3.63) is 23.8 Å². The zero-order chi connectivity index (χ0) is 15.7. The SMILES string of the molecule is CC1(CNS(=O)(=O)c2ccc(F)c(N)c2F)CCOCC1. The molecule has 1 fully saturated rings. The van der Waals surface area contributed by atoms with Gasteiger partial charge in [-0.05, 0) is 30.4 Å². The minimum absolute atomic E-state index is 0.162. The molecule has 0 radical (unpaired) electrons. The summed E-state index contributed by atoms with van der Waals surface area (Å²) in [6, 6.07) is 1.71. The van der Waals surface area contributed by atoms with Gasteiger partial charge in [-0.15, -0.1) is 0 Å². The summed E-state index contributed by atoms with van der Waals surface area (Å²) in [5.41, 5.74) is 4.15. The molecule has 1 heterocycles. The lowest BCUT2D eigenvalue weighted by atomic mass is 9.83. The van der Waals surface area contributed by atoms with Crippen molar-refractivity contribution in [2.45, 2.75) is 24.7 Å². The molecule has 0 unspecified atom stereocenters. The summed E-state index contributed by atoms with van der Waals surface area (Å²) < 4.78 is 58.8. The van der Waals surface area contributed by atoms with Crippen LogP contribution in [0.1, 0.15) is 19.8 Å². The molecule has 1 aliphatic heterocycles. The molecule has 0 spiro atoms. The lowest BCUT2D eigenvalue weighted by Gasteiger charge is -2.33. The quantitative estimate of drug-likeness (QED) is 0.827. The van der Waals surface area contributed by atoms with E-state index in [2.05, 4.69) is 4.72 Å². The first kappa shape index (κ1) is 16.1. The van der Waals surface area contributed by atoms with Crippen molar-refractivity contribution in [1.82, 2.24) is 4.72 Å². The lowest BCUT2D eigenvalue weighted by Crippen LogP contribution is -2.39. The molecule has 0 aliphatic carbocycles. The van der Waals surface area contributed by atoms with Crippen LogP contribution in [0.25, 0.3) is 0 Å². The third-order valence-electron chi connectivity index (χ3n) is 3.77. The van der Waals surface area contributed by atoms with Gasteiger partial charge in [0.1, 0.15) is 16.4 Å². The molecule has 118 valence electrons. The Kier molecular flexibility index (Phi) is 4.50. The fourth-order valence-electron chi connectivity index (χ4n) is 2.14. The number of hydrogen-bond donors (Lipinski definition) is 2. The molecule has 1 aliphatic rings. The van der Waals surface area contributed by atoms with Gasteiger partial charge in [0.25, 0.3) is 0 Å². The molecule has 5 nitrogen and oxygen atoms in total. The van der Waals surface area contributed by atoms with Gasteiger partial charge in [0.15, 0.2) is 5.82 Å². The summed E-state index contributed by atoms with van der Waals surface area (Å²) in [4.78, 5) is -0.642. The van der Waals surface area contributed by atoms with Gasteiger partial charge in [-0.25, -0.2) is 21.9 Å². The number of nitrogens with one attached hydrogen (secondary N) is 1. The number of ether oxygens (including phenoxy) is 1. The molecule has 8 heteroatoms. The molecule has 0 bridgehead atoms. The van der Waals surface area contributed by atoms with Crippen LogP contribution in [0.4, 0.5) is 14.5 Å². The van der Waals surface area contributed by atoms with Crippen molar-refractivity contribution in [3.63, 3.8) is 0 Å². The van der Waals surface area contributed by atoms with E-state index in [1.165, 1.54) is 0 Å². The number of rotatable bonds is 4. The third kappa shape index (κ3) is 3.50. The highest BCUT2D eigenvalue weighted by Gasteiger charge is 2.30. The van der Waals surface area contributed by atoms with E-state index in [0.29, 0.717) is 26.1 Å². The van der Waals surface area contributed by atoms with Crippen molar-refractivity contribution >= 4 is 15.7 Å². The van der Waals surface area contributed by atoms with Crippen LogP contribution in [0.3, 0.4) is 0 Å². The average Bonchev–Trinajstić information content (AvgIpc) is 2.44. The summed E-state index contributed by atoms with van der Waals surface area (Å²) in [6.07, 6.45) is 1.42. The first-order chi connectivity index (χ1) is 9.75. The van der Waals surface area contributed by atoms with Crippen molar-refractivity contribution in [3.8, 4) is 0 Å². The number of nitrogen functional groups attached to an aromatic ring is 1. The second-order valence-corrected chi connectivity index (χ2v) is 7.26. The predicted octanol–water partition coefficient (Wildman–Crippen LogP) is 1.64. The van der Waals surface area contributed by atoms with E-state index in [9.17, 15) is 17.2 Å². The van der Waals surface area contributed by atoms with Gasteiger partial charge in [0.2, 0.25) is 10.0 Å². The minimum Gasteiger partial charge on any atom is -0.394 e. The number of benzene rings is 1. The number of anilines is 1. The fraction of sp³-hybridized carbons (Fsp3) is 0.538. The smallest absolute Gasteiger partial charge is 0.243 e. The van der Waals surface area contributed by atoms with E-state index in [1.807, 2.05) is 6.92 Å². The molecule has 1 aromatic rings. The summed E-state index contributed by atoms with van der Waals surface area (Å²) in [5.74, 6) is -2.25. The Labute approximate surface area is 122 Å². The number of nitrogens with two attached hydrogens (primary N) is 1. The van der Waals surface area contributed by atoms with Crippen LogP contribution >= 0.6 is 0 Å². The summed E-state index contributed by atoms with van der Waals surface area (Å²) in [7, 11) is -4.08. The Morgan fingerprint density at radius 2 is 1.95 bits per heavy atom. The molecule has 1 saturated heterocycles. The first-order valence-electron chi connectivity index (χ1n) is 6.56. The summed E-state index contributed by atoms with van der Waals surface area (Å²) >= 11 is 0. The Bertz CT molecular complexity index is 629. The van der Waals surface area contributed by atoms with Crippen molar-refractivity contribution in [2.24, 2.45) is 5.41 Å². The Morgan fingerprint density at radius 3 is 2.57 bits per heavy atom. The molecule has 2 rings (SSSR count). The van der Waals surface area contributed by atoms with Gasteiger partial charge < -0.3 is 10.5 Å². The monoisotopic (exact) mass is 320 g/mol. The summed E-state index contributed by atoms with van der Waals surface area (Å²) in [6.45, 7) is 3.23. The molecule has 0 aromatic heterocycles. The standard InChI is InChI=1S/C13H18F2N2O3S/c1-13(4-6-20-7-5-13)8-17-21(18,19)10-3-2-9(14)12(16)11(10)15/h2-3,17H,4-8,16H2,1H3. The van der Waals surface area contributed by atoms with Crippen LogP contribution in [0.15, 0.2) is 17.0 Å². The normalized spacial score (nSPS) is 18.6. The maximum Gasteiger partial charge on any atom is 0.243 e. The average molecular weight is 320 g/mol. The van der Waals surface area contributed by atoms with E-state index in [1.54, 1.807) is 0 Å². The topological polar surface area (TPSA) is 81.4 Å². The molecule has 1 aromatic carbocycles. The van der Waals surface area contributed by atoms with Crippen molar-refractivity contribution < 1.29 is 21.9 Å². The van der Waals surface area contributed by atoms with Crippen molar-refractivity contribution in [2.75, 3.05) is 25.5 Å². The molecular formula is C13H18F2N2O3S. The fourth-order valence-corrected chi connectivity index (χ4v) is 3.43. The van der Waals surface area contributed by atoms with E-state index in [4.69, 9.17) is 10.5 Å². The Morgan fingerprint density at radius 1 is 1.33 bits per heavy atom. The summed E-state index contributed by atoms with van der Waals surface area (Å²) in [5, 5.41) is 0. The molecule has 0 saturated carbocycles. The van der Waals surface area contributed by atoms with Crippen LogP contribution in [0, 0.1) is 17.0 Å². The lowest BCUT2D eigenvalue weighted by molar-refractivity contribution is 0.0264. The molecular weight excluding hydrogens is 302 g/mol. The van der Waals surface area contributed by atoms with E-state index < -0.39 is 32.2 Å². The zero-order valence-corrected chi connectivity index (χ0v) is 12.5. The van der Waals surface area contributed by atoms with Gasteiger partial charge in [-0.1, -0.05) is 6.92 Å². The third-order valence-corrected chi connectivity index (χ3v) is 5.19. The van der Waals surface area contributed by atoms with Gasteiger partial charge in [-0.2, -0.15) is 0 Å². The van der Waals surface area contributed by atoms with Crippen LogP contribution in [-0.4, -0.2) is 28.2 Å². The van der Waals surface area contributed by atoms with Gasteiger partial charge in [0.05, 0.1) is 0 Å². The second kappa shape index (κ2) is 5.86. The maximum atomic E-state index is 13.8. The van der Waals surface area contributed by atoms with Crippen LogP contribution in [0.2, 0.25) is 0 Å². The number of hydrogen-bond acceptors (Lipinski definition) is 4. The van der Waals surface area contributed by atoms with Gasteiger partial charge in [0, 0.05) is 19.8 Å². The number of halogens is 2. The largest absolute Gasteiger partial charge is 0.394 e. The van der Waals surface area contributed by atoms with Crippen LogP contribution < -0.4 is 10.5 Å². The van der Waals surface area contributed by atoms with Gasteiger partial charge in [-0.3, -0.25) is 0 Å². The van der Waals surface area contributed by atoms with Crippen LogP contribution in [0.5, 0.6) is 0 Å². The zero-order valence-electron chi connectivity index (χ0n) is 11.7. The molecule has 21 heavy (non-hydrogen) atoms. The van der Waals surface area contributed by atoms with E-state index in [-0.39, 0.29) is 12.0 Å². The first-order valence-corrected chi connectivity index (χ1v) is 8.04. The second-order valence-electron chi connectivity index (χ2n) is 5.52. The highest BCUT2D eigenvalue weighted by molar-refractivity contribution is 7.89. The van der Waals surface area contributed by atoms with Crippen LogP contribution in [-0.2, 0) is 14.8 Å². The Hall–Kier alpha value is -1.25. The number of sulfonamides is 1. The van der Waals surface area contributed by atoms with E-state index >= 15 is 0 Å². The minimum atomic E-state index is -4.08. The predicted molar refractivity (Wildman–Crippen MR) is 74.1 cm³/mol. The van der Waals surface area contributed by atoms with Crippen molar-refractivity contribution in [1.29, 1.82) is 0 Å². The Balaban J connectivity index is 2.17. The highest BCUT2D eigenvalue weighted by Crippen LogP contribution is 2.30. The maximum absolute atomic E-state index is 13.8.